The third-order valence-corrected chi connectivity index (χ3v) is 3.54. The van der Waals surface area contributed by atoms with Gasteiger partial charge in [0.05, 0.1) is 15.9 Å². The lowest BCUT2D eigenvalue weighted by atomic mass is 10.4. The van der Waals surface area contributed by atoms with Crippen molar-refractivity contribution < 1.29 is 0 Å². The van der Waals surface area contributed by atoms with E-state index >= 15 is 0 Å². The summed E-state index contributed by atoms with van der Waals surface area (Å²) in [6.45, 7) is 5.79. The van der Waals surface area contributed by atoms with Crippen LogP contribution in [0.3, 0.4) is 0 Å². The number of hydrogen-bond acceptors (Lipinski definition) is 5. The summed E-state index contributed by atoms with van der Waals surface area (Å²) in [6.07, 6.45) is 0. The number of halogens is 1. The third-order valence-electron chi connectivity index (χ3n) is 2.39. The van der Waals surface area contributed by atoms with Gasteiger partial charge >= 0.3 is 0 Å². The summed E-state index contributed by atoms with van der Waals surface area (Å²) in [6, 6.07) is 1.85. The topological polar surface area (TPSA) is 81.7 Å². The Morgan fingerprint density at radius 2 is 2.00 bits per heavy atom. The standard InChI is InChI=1S/C10H13BrN6/c1-5-4-8(14-10(13-5)15-12)17-7(3)9(11)6(2)16-17/h4H,12H2,1-3H3,(H,13,14,15). The first-order chi connectivity index (χ1) is 8.02. The Bertz CT molecular complexity index is 562. The maximum atomic E-state index is 5.32. The minimum atomic E-state index is 0.378. The molecule has 0 radical (unpaired) electrons. The number of nitrogens with two attached hydrogens (primary N) is 1. The van der Waals surface area contributed by atoms with Crippen molar-refractivity contribution in [3.05, 3.63) is 27.6 Å². The molecule has 17 heavy (non-hydrogen) atoms. The molecule has 6 nitrogen and oxygen atoms in total. The van der Waals surface area contributed by atoms with Gasteiger partial charge in [0.25, 0.3) is 0 Å². The molecule has 90 valence electrons. The molecule has 0 unspecified atom stereocenters. The summed E-state index contributed by atoms with van der Waals surface area (Å²) in [4.78, 5) is 8.41. The van der Waals surface area contributed by atoms with Gasteiger partial charge in [0, 0.05) is 11.8 Å². The van der Waals surface area contributed by atoms with E-state index in [4.69, 9.17) is 5.84 Å². The van der Waals surface area contributed by atoms with Crippen LogP contribution in [-0.2, 0) is 0 Å². The number of nitrogens with zero attached hydrogens (tertiary/aromatic N) is 4. The molecule has 2 rings (SSSR count). The molecule has 0 aliphatic carbocycles. The summed E-state index contributed by atoms with van der Waals surface area (Å²) in [5.74, 6) is 6.39. The van der Waals surface area contributed by atoms with E-state index in [1.807, 2.05) is 26.8 Å². The molecule has 0 aliphatic heterocycles. The van der Waals surface area contributed by atoms with Gasteiger partial charge in [-0.2, -0.15) is 10.1 Å². The molecule has 7 heteroatoms. The molecule has 2 heterocycles. The second-order valence-corrected chi connectivity index (χ2v) is 4.53. The van der Waals surface area contributed by atoms with Crippen molar-refractivity contribution in [2.24, 2.45) is 5.84 Å². The van der Waals surface area contributed by atoms with Crippen LogP contribution in [0.15, 0.2) is 10.5 Å². The average Bonchev–Trinajstić information content (AvgIpc) is 2.56. The van der Waals surface area contributed by atoms with Crippen molar-refractivity contribution in [2.45, 2.75) is 20.8 Å². The van der Waals surface area contributed by atoms with Gasteiger partial charge in [0.2, 0.25) is 5.95 Å². The molecule has 0 bridgehead atoms. The first-order valence-corrected chi connectivity index (χ1v) is 5.86. The highest BCUT2D eigenvalue weighted by Crippen LogP contribution is 2.22. The minimum absolute atomic E-state index is 0.378. The monoisotopic (exact) mass is 296 g/mol. The van der Waals surface area contributed by atoms with Crippen molar-refractivity contribution in [1.82, 2.24) is 19.7 Å². The largest absolute Gasteiger partial charge is 0.292 e. The number of nitrogens with one attached hydrogen (secondary N) is 1. The highest BCUT2D eigenvalue weighted by molar-refractivity contribution is 9.10. The van der Waals surface area contributed by atoms with Gasteiger partial charge in [-0.1, -0.05) is 0 Å². The summed E-state index contributed by atoms with van der Waals surface area (Å²) >= 11 is 3.48. The summed E-state index contributed by atoms with van der Waals surface area (Å²) in [5.41, 5.74) is 5.18. The highest BCUT2D eigenvalue weighted by Gasteiger charge is 2.12. The number of rotatable bonds is 2. The molecular formula is C10H13BrN6. The Kier molecular flexibility index (Phi) is 3.12. The lowest BCUT2D eigenvalue weighted by molar-refractivity contribution is 0.798. The van der Waals surface area contributed by atoms with E-state index in [9.17, 15) is 0 Å². The number of hydrogen-bond donors (Lipinski definition) is 2. The van der Waals surface area contributed by atoms with Crippen LogP contribution in [0, 0.1) is 20.8 Å². The van der Waals surface area contributed by atoms with Crippen molar-refractivity contribution in [3.63, 3.8) is 0 Å². The third kappa shape index (κ3) is 2.16. The summed E-state index contributed by atoms with van der Waals surface area (Å²) in [5, 5.41) is 4.41. The Hall–Kier alpha value is -1.47. The van der Waals surface area contributed by atoms with E-state index in [-0.39, 0.29) is 0 Å². The van der Waals surface area contributed by atoms with E-state index in [0.717, 1.165) is 21.6 Å². The van der Waals surface area contributed by atoms with Crippen molar-refractivity contribution in [2.75, 3.05) is 5.43 Å². The van der Waals surface area contributed by atoms with Crippen LogP contribution in [0.2, 0.25) is 0 Å². The van der Waals surface area contributed by atoms with Gasteiger partial charge in [0.1, 0.15) is 0 Å². The first-order valence-electron chi connectivity index (χ1n) is 5.07. The van der Waals surface area contributed by atoms with Crippen LogP contribution >= 0.6 is 15.9 Å². The molecule has 2 aromatic rings. The quantitative estimate of drug-likeness (QED) is 0.650. The Labute approximate surface area is 107 Å². The SMILES string of the molecule is Cc1cc(-n2nc(C)c(Br)c2C)nc(NN)n1. The molecule has 0 spiro atoms. The van der Waals surface area contributed by atoms with Crippen molar-refractivity contribution >= 4 is 21.9 Å². The van der Waals surface area contributed by atoms with Crippen LogP contribution in [0.5, 0.6) is 0 Å². The molecule has 0 amide bonds. The Morgan fingerprint density at radius 1 is 1.29 bits per heavy atom. The molecular weight excluding hydrogens is 284 g/mol. The number of nitrogen functional groups attached to an aromatic ring is 1. The molecule has 3 N–H and O–H groups in total. The van der Waals surface area contributed by atoms with Gasteiger partial charge in [-0.15, -0.1) is 0 Å². The van der Waals surface area contributed by atoms with Crippen LogP contribution in [-0.4, -0.2) is 19.7 Å². The fourth-order valence-electron chi connectivity index (χ4n) is 1.57. The molecule has 0 atom stereocenters. The van der Waals surface area contributed by atoms with Gasteiger partial charge in [-0.05, 0) is 36.7 Å². The van der Waals surface area contributed by atoms with Crippen LogP contribution < -0.4 is 11.3 Å². The fraction of sp³-hybridized carbons (Fsp3) is 0.300. The molecule has 0 saturated heterocycles. The summed E-state index contributed by atoms with van der Waals surface area (Å²) in [7, 11) is 0. The molecule has 0 fully saturated rings. The molecule has 0 aliphatic rings. The maximum absolute atomic E-state index is 5.32. The fourth-order valence-corrected chi connectivity index (χ4v) is 1.82. The van der Waals surface area contributed by atoms with E-state index in [2.05, 4.69) is 36.4 Å². The van der Waals surface area contributed by atoms with Crippen molar-refractivity contribution in [3.8, 4) is 5.82 Å². The van der Waals surface area contributed by atoms with Gasteiger partial charge < -0.3 is 0 Å². The van der Waals surface area contributed by atoms with Crippen LogP contribution in [0.25, 0.3) is 5.82 Å². The Balaban J connectivity index is 2.59. The maximum Gasteiger partial charge on any atom is 0.239 e. The first kappa shape index (κ1) is 12.0. The van der Waals surface area contributed by atoms with Gasteiger partial charge in [-0.3, -0.25) is 5.43 Å². The predicted molar refractivity (Wildman–Crippen MR) is 68.9 cm³/mol. The number of aromatic nitrogens is 4. The zero-order valence-electron chi connectivity index (χ0n) is 9.82. The summed E-state index contributed by atoms with van der Waals surface area (Å²) < 4.78 is 2.74. The molecule has 0 aromatic carbocycles. The lowest BCUT2D eigenvalue weighted by Crippen LogP contribution is -2.13. The molecule has 2 aromatic heterocycles. The van der Waals surface area contributed by atoms with E-state index in [0.29, 0.717) is 11.8 Å². The zero-order chi connectivity index (χ0) is 12.6. The number of aryl methyl sites for hydroxylation is 2. The van der Waals surface area contributed by atoms with Crippen molar-refractivity contribution in [1.29, 1.82) is 0 Å². The van der Waals surface area contributed by atoms with E-state index in [1.165, 1.54) is 0 Å². The lowest BCUT2D eigenvalue weighted by Gasteiger charge is -2.06. The predicted octanol–water partition coefficient (Wildman–Crippen LogP) is 1.64. The van der Waals surface area contributed by atoms with E-state index < -0.39 is 0 Å². The normalized spacial score (nSPS) is 10.6. The zero-order valence-corrected chi connectivity index (χ0v) is 11.4. The second-order valence-electron chi connectivity index (χ2n) is 3.73. The average molecular weight is 297 g/mol. The number of hydrazine groups is 1. The van der Waals surface area contributed by atoms with Crippen LogP contribution in [0.1, 0.15) is 17.1 Å². The van der Waals surface area contributed by atoms with Gasteiger partial charge in [0.15, 0.2) is 5.82 Å². The minimum Gasteiger partial charge on any atom is -0.292 e. The van der Waals surface area contributed by atoms with Crippen LogP contribution in [0.4, 0.5) is 5.95 Å². The second kappa shape index (κ2) is 4.42. The molecule has 0 saturated carbocycles. The van der Waals surface area contributed by atoms with E-state index in [1.54, 1.807) is 4.68 Å². The smallest absolute Gasteiger partial charge is 0.239 e. The van der Waals surface area contributed by atoms with Gasteiger partial charge in [-0.25, -0.2) is 15.5 Å². The highest BCUT2D eigenvalue weighted by atomic mass is 79.9. The Morgan fingerprint density at radius 3 is 2.53 bits per heavy atom. The number of anilines is 1.